The van der Waals surface area contributed by atoms with E-state index in [1.807, 2.05) is 6.07 Å². The Bertz CT molecular complexity index is 550. The molecule has 1 aromatic rings. The molecule has 1 N–H and O–H groups in total. The first-order valence-electron chi connectivity index (χ1n) is 5.75. The summed E-state index contributed by atoms with van der Waals surface area (Å²) in [5.74, 6) is -1.36. The number of carbonyl (C=O) groups is 2. The van der Waals surface area contributed by atoms with Crippen molar-refractivity contribution in [1.82, 2.24) is 4.90 Å². The van der Waals surface area contributed by atoms with Crippen LogP contribution in [0.5, 0.6) is 0 Å². The molecule has 98 valence electrons. The molecule has 0 saturated carbocycles. The number of amides is 1. The van der Waals surface area contributed by atoms with Gasteiger partial charge in [-0.1, -0.05) is 6.07 Å². The van der Waals surface area contributed by atoms with Crippen LogP contribution in [0.2, 0.25) is 0 Å². The van der Waals surface area contributed by atoms with Crippen LogP contribution in [0.25, 0.3) is 0 Å². The molecule has 0 aliphatic carbocycles. The number of hydrogen-bond acceptors (Lipinski definition) is 4. The summed E-state index contributed by atoms with van der Waals surface area (Å²) in [5, 5.41) is 17.7. The highest BCUT2D eigenvalue weighted by Crippen LogP contribution is 2.12. The summed E-state index contributed by atoms with van der Waals surface area (Å²) >= 11 is 0. The first-order valence-corrected chi connectivity index (χ1v) is 5.75. The largest absolute Gasteiger partial charge is 0.478 e. The fourth-order valence-electron chi connectivity index (χ4n) is 1.88. The number of ether oxygens (including phenoxy) is 1. The van der Waals surface area contributed by atoms with E-state index >= 15 is 0 Å². The van der Waals surface area contributed by atoms with Crippen molar-refractivity contribution in [2.45, 2.75) is 6.10 Å². The van der Waals surface area contributed by atoms with Crippen molar-refractivity contribution >= 4 is 11.9 Å². The minimum Gasteiger partial charge on any atom is -0.478 e. The number of rotatable bonds is 2. The molecule has 1 amide bonds. The minimum atomic E-state index is -1.08. The summed E-state index contributed by atoms with van der Waals surface area (Å²) < 4.78 is 5.16. The molecule has 1 atom stereocenters. The third-order valence-electron chi connectivity index (χ3n) is 2.85. The summed E-state index contributed by atoms with van der Waals surface area (Å²) in [6.45, 7) is 0.906. The zero-order valence-electron chi connectivity index (χ0n) is 10.1. The van der Waals surface area contributed by atoms with Gasteiger partial charge in [-0.05, 0) is 18.2 Å². The number of hydrogen-bond donors (Lipinski definition) is 1. The van der Waals surface area contributed by atoms with Crippen molar-refractivity contribution in [1.29, 1.82) is 5.26 Å². The highest BCUT2D eigenvalue weighted by atomic mass is 16.5. The van der Waals surface area contributed by atoms with Crippen molar-refractivity contribution in [2.24, 2.45) is 0 Å². The van der Waals surface area contributed by atoms with Gasteiger partial charge in [-0.2, -0.15) is 5.26 Å². The second-order valence-corrected chi connectivity index (χ2v) is 4.13. The first kappa shape index (κ1) is 13.1. The maximum absolute atomic E-state index is 12.2. The fraction of sp³-hybridized carbons (Fsp3) is 0.308. The van der Waals surface area contributed by atoms with Crippen LogP contribution < -0.4 is 0 Å². The molecular formula is C13H12N2O4. The van der Waals surface area contributed by atoms with Gasteiger partial charge in [-0.25, -0.2) is 4.79 Å². The standard InChI is InChI=1S/C13H12N2O4/c14-7-11-8-15(4-5-19-11)12(16)9-2-1-3-10(6-9)13(17)18/h1-3,6,11H,4-5,8H2,(H,17,18). The highest BCUT2D eigenvalue weighted by molar-refractivity contribution is 5.97. The third-order valence-corrected chi connectivity index (χ3v) is 2.85. The molecule has 0 bridgehead atoms. The van der Waals surface area contributed by atoms with Crippen LogP contribution in [0, 0.1) is 11.3 Å². The van der Waals surface area contributed by atoms with Crippen LogP contribution in [0.1, 0.15) is 20.7 Å². The van der Waals surface area contributed by atoms with E-state index in [0.29, 0.717) is 18.7 Å². The molecule has 2 rings (SSSR count). The lowest BCUT2D eigenvalue weighted by Crippen LogP contribution is -2.45. The number of carbonyl (C=O) groups excluding carboxylic acids is 1. The van der Waals surface area contributed by atoms with Gasteiger partial charge in [-0.3, -0.25) is 4.79 Å². The summed E-state index contributed by atoms with van der Waals surface area (Å²) in [5.41, 5.74) is 0.370. The molecule has 1 heterocycles. The Hall–Kier alpha value is -2.39. The van der Waals surface area contributed by atoms with Crippen LogP contribution in [-0.2, 0) is 4.74 Å². The zero-order valence-corrected chi connectivity index (χ0v) is 10.1. The van der Waals surface area contributed by atoms with Crippen LogP contribution >= 0.6 is 0 Å². The predicted molar refractivity (Wildman–Crippen MR) is 64.7 cm³/mol. The van der Waals surface area contributed by atoms with Gasteiger partial charge in [-0.15, -0.1) is 0 Å². The molecule has 0 aromatic heterocycles. The minimum absolute atomic E-state index is 0.0657. The number of nitriles is 1. The van der Waals surface area contributed by atoms with E-state index < -0.39 is 12.1 Å². The molecule has 6 nitrogen and oxygen atoms in total. The lowest BCUT2D eigenvalue weighted by molar-refractivity contribution is 0.00346. The van der Waals surface area contributed by atoms with Crippen LogP contribution in [0.15, 0.2) is 24.3 Å². The van der Waals surface area contributed by atoms with E-state index in [1.165, 1.54) is 23.1 Å². The van der Waals surface area contributed by atoms with Gasteiger partial charge < -0.3 is 14.7 Å². The van der Waals surface area contributed by atoms with Crippen LogP contribution in [0.3, 0.4) is 0 Å². The van der Waals surface area contributed by atoms with Crippen LogP contribution in [-0.4, -0.2) is 47.7 Å². The highest BCUT2D eigenvalue weighted by Gasteiger charge is 2.25. The van der Waals surface area contributed by atoms with E-state index in [4.69, 9.17) is 15.1 Å². The topological polar surface area (TPSA) is 90.6 Å². The second kappa shape index (κ2) is 5.50. The predicted octanol–water partition coefficient (Wildman–Crippen LogP) is 0.749. The SMILES string of the molecule is N#CC1CN(C(=O)c2cccc(C(=O)O)c2)CCO1. The van der Waals surface area contributed by atoms with Crippen molar-refractivity contribution in [3.63, 3.8) is 0 Å². The molecule has 0 spiro atoms. The molecule has 19 heavy (non-hydrogen) atoms. The number of carboxylic acid groups (broad SMARTS) is 1. The zero-order chi connectivity index (χ0) is 13.8. The van der Waals surface area contributed by atoms with Gasteiger partial charge in [0.1, 0.15) is 0 Å². The molecule has 0 radical (unpaired) electrons. The van der Waals surface area contributed by atoms with Gasteiger partial charge in [0, 0.05) is 12.1 Å². The number of nitrogens with zero attached hydrogens (tertiary/aromatic N) is 2. The second-order valence-electron chi connectivity index (χ2n) is 4.13. The molecule has 1 fully saturated rings. The van der Waals surface area contributed by atoms with Crippen molar-refractivity contribution in [3.8, 4) is 6.07 Å². The number of aromatic carboxylic acids is 1. The van der Waals surface area contributed by atoms with Crippen LogP contribution in [0.4, 0.5) is 0 Å². The monoisotopic (exact) mass is 260 g/mol. The molecule has 1 aliphatic rings. The van der Waals surface area contributed by atoms with E-state index in [2.05, 4.69) is 0 Å². The number of benzene rings is 1. The van der Waals surface area contributed by atoms with Gasteiger partial charge in [0.15, 0.2) is 6.10 Å². The van der Waals surface area contributed by atoms with Gasteiger partial charge in [0.25, 0.3) is 5.91 Å². The molecule has 1 aliphatic heterocycles. The Labute approximate surface area is 109 Å². The van der Waals surface area contributed by atoms with Gasteiger partial charge in [0.05, 0.1) is 24.8 Å². The average molecular weight is 260 g/mol. The maximum Gasteiger partial charge on any atom is 0.335 e. The summed E-state index contributed by atoms with van der Waals surface area (Å²) in [7, 11) is 0. The van der Waals surface area contributed by atoms with Gasteiger partial charge >= 0.3 is 5.97 Å². The van der Waals surface area contributed by atoms with Gasteiger partial charge in [0.2, 0.25) is 0 Å². The molecule has 1 unspecified atom stereocenters. The Morgan fingerprint density at radius 1 is 1.42 bits per heavy atom. The maximum atomic E-state index is 12.2. The Kier molecular flexibility index (Phi) is 3.78. The van der Waals surface area contributed by atoms with Crippen molar-refractivity contribution in [2.75, 3.05) is 19.7 Å². The quantitative estimate of drug-likeness (QED) is 0.847. The number of morpholine rings is 1. The molecular weight excluding hydrogens is 248 g/mol. The normalized spacial score (nSPS) is 18.7. The molecule has 6 heteroatoms. The molecule has 1 saturated heterocycles. The van der Waals surface area contributed by atoms with E-state index in [1.54, 1.807) is 6.07 Å². The Balaban J connectivity index is 2.17. The first-order chi connectivity index (χ1) is 9.11. The Morgan fingerprint density at radius 2 is 2.16 bits per heavy atom. The summed E-state index contributed by atoms with van der Waals surface area (Å²) in [6, 6.07) is 7.81. The number of carboxylic acids is 1. The van der Waals surface area contributed by atoms with Crippen molar-refractivity contribution in [3.05, 3.63) is 35.4 Å². The summed E-state index contributed by atoms with van der Waals surface area (Å²) in [4.78, 5) is 24.6. The smallest absolute Gasteiger partial charge is 0.335 e. The van der Waals surface area contributed by atoms with E-state index in [0.717, 1.165) is 0 Å². The Morgan fingerprint density at radius 3 is 2.84 bits per heavy atom. The average Bonchev–Trinajstić information content (AvgIpc) is 2.46. The fourth-order valence-corrected chi connectivity index (χ4v) is 1.88. The molecule has 1 aromatic carbocycles. The lowest BCUT2D eigenvalue weighted by Gasteiger charge is -2.29. The van der Waals surface area contributed by atoms with E-state index in [-0.39, 0.29) is 18.0 Å². The van der Waals surface area contributed by atoms with Crippen molar-refractivity contribution < 1.29 is 19.4 Å². The summed E-state index contributed by atoms with van der Waals surface area (Å²) in [6.07, 6.45) is -0.625. The van der Waals surface area contributed by atoms with E-state index in [9.17, 15) is 9.59 Å². The third kappa shape index (κ3) is 2.89. The lowest BCUT2D eigenvalue weighted by atomic mass is 10.1.